The molecule has 2 heterocycles. The minimum Gasteiger partial charge on any atom is -0.337 e. The second-order valence-electron chi connectivity index (χ2n) is 8.14. The zero-order valence-corrected chi connectivity index (χ0v) is 18.7. The first-order chi connectivity index (χ1) is 14.8. The van der Waals surface area contributed by atoms with Gasteiger partial charge in [-0.25, -0.2) is 4.98 Å². The maximum absolute atomic E-state index is 12.6. The fourth-order valence-electron chi connectivity index (χ4n) is 4.13. The molecule has 0 aliphatic carbocycles. The summed E-state index contributed by atoms with van der Waals surface area (Å²) >= 11 is 1.48. The molecule has 1 aromatic heterocycles. The van der Waals surface area contributed by atoms with E-state index < -0.39 is 0 Å². The fourth-order valence-corrected chi connectivity index (χ4v) is 5.18. The Hall–Kier alpha value is -3.04. The number of benzene rings is 2. The summed E-state index contributed by atoms with van der Waals surface area (Å²) in [5.41, 5.74) is 5.14. The molecule has 0 unspecified atom stereocenters. The quantitative estimate of drug-likeness (QED) is 0.470. The molecule has 3 aromatic rings. The van der Waals surface area contributed by atoms with Crippen LogP contribution < -0.4 is 15.1 Å². The van der Waals surface area contributed by atoms with E-state index >= 15 is 0 Å². The van der Waals surface area contributed by atoms with Gasteiger partial charge in [-0.1, -0.05) is 29.0 Å². The SMILES string of the molecule is Cc1cc(C)c(NC(=O)C[NH+]2CCN(c3nc4ccc([N+](=O)[O-])cc4s3)CC2)c(C)c1. The van der Waals surface area contributed by atoms with E-state index in [0.717, 1.165) is 58.3 Å². The van der Waals surface area contributed by atoms with Crippen LogP contribution in [0.1, 0.15) is 16.7 Å². The first-order valence-corrected chi connectivity index (χ1v) is 11.1. The van der Waals surface area contributed by atoms with Gasteiger partial charge in [0.2, 0.25) is 0 Å². The van der Waals surface area contributed by atoms with Crippen molar-refractivity contribution in [3.8, 4) is 0 Å². The van der Waals surface area contributed by atoms with Crippen LogP contribution in [0.15, 0.2) is 30.3 Å². The number of rotatable bonds is 5. The van der Waals surface area contributed by atoms with Crippen molar-refractivity contribution in [1.29, 1.82) is 0 Å². The topological polar surface area (TPSA) is 92.8 Å². The highest BCUT2D eigenvalue weighted by Crippen LogP contribution is 2.31. The van der Waals surface area contributed by atoms with E-state index in [4.69, 9.17) is 0 Å². The summed E-state index contributed by atoms with van der Waals surface area (Å²) in [6.45, 7) is 9.82. The molecule has 1 aliphatic rings. The average Bonchev–Trinajstić information content (AvgIpc) is 3.14. The van der Waals surface area contributed by atoms with Crippen molar-refractivity contribution in [2.45, 2.75) is 20.8 Å². The summed E-state index contributed by atoms with van der Waals surface area (Å²) in [4.78, 5) is 31.3. The molecule has 0 atom stereocenters. The molecule has 4 rings (SSSR count). The predicted octanol–water partition coefficient (Wildman–Crippen LogP) is 2.47. The number of aromatic nitrogens is 1. The summed E-state index contributed by atoms with van der Waals surface area (Å²) < 4.78 is 0.821. The summed E-state index contributed by atoms with van der Waals surface area (Å²) in [5, 5.41) is 15.0. The highest BCUT2D eigenvalue weighted by atomic mass is 32.1. The van der Waals surface area contributed by atoms with Gasteiger partial charge in [-0.2, -0.15) is 0 Å². The van der Waals surface area contributed by atoms with Crippen LogP contribution in [0.3, 0.4) is 0 Å². The number of carbonyl (C=O) groups excluding carboxylic acids is 1. The number of aryl methyl sites for hydroxylation is 3. The number of thiazole rings is 1. The second kappa shape index (κ2) is 8.60. The maximum Gasteiger partial charge on any atom is 0.279 e. The minimum atomic E-state index is -0.383. The lowest BCUT2D eigenvalue weighted by atomic mass is 10.1. The molecule has 162 valence electrons. The van der Waals surface area contributed by atoms with Crippen molar-refractivity contribution < 1.29 is 14.6 Å². The van der Waals surface area contributed by atoms with Gasteiger partial charge in [-0.05, 0) is 38.0 Å². The molecule has 2 aromatic carbocycles. The van der Waals surface area contributed by atoms with Crippen molar-refractivity contribution >= 4 is 44.0 Å². The fraction of sp³-hybridized carbons (Fsp3) is 0.364. The molecule has 0 radical (unpaired) electrons. The van der Waals surface area contributed by atoms with Gasteiger partial charge in [-0.15, -0.1) is 0 Å². The Kier molecular flexibility index (Phi) is 5.88. The molecule has 9 heteroatoms. The van der Waals surface area contributed by atoms with E-state index in [2.05, 4.69) is 34.3 Å². The van der Waals surface area contributed by atoms with Crippen molar-refractivity contribution in [3.05, 3.63) is 57.1 Å². The number of anilines is 2. The molecule has 1 fully saturated rings. The van der Waals surface area contributed by atoms with E-state index in [0.29, 0.717) is 6.54 Å². The molecule has 0 spiro atoms. The molecule has 31 heavy (non-hydrogen) atoms. The van der Waals surface area contributed by atoms with Crippen LogP contribution in [-0.2, 0) is 4.79 Å². The van der Waals surface area contributed by atoms with E-state index in [9.17, 15) is 14.9 Å². The molecule has 1 amide bonds. The molecule has 0 saturated carbocycles. The van der Waals surface area contributed by atoms with Crippen molar-refractivity contribution in [2.24, 2.45) is 0 Å². The number of nitrogens with zero attached hydrogens (tertiary/aromatic N) is 3. The van der Waals surface area contributed by atoms with Gasteiger partial charge in [0.1, 0.15) is 0 Å². The highest BCUT2D eigenvalue weighted by molar-refractivity contribution is 7.22. The number of quaternary nitrogens is 1. The summed E-state index contributed by atoms with van der Waals surface area (Å²) in [6.07, 6.45) is 0. The standard InChI is InChI=1S/C22H25N5O3S/c1-14-10-15(2)21(16(3)11-14)24-20(28)13-25-6-8-26(9-7-25)22-23-18-5-4-17(27(29)30)12-19(18)31-22/h4-5,10-12H,6-9,13H2,1-3H3,(H,24,28)/p+1. The number of nitro groups is 1. The van der Waals surface area contributed by atoms with Gasteiger partial charge in [-0.3, -0.25) is 14.9 Å². The van der Waals surface area contributed by atoms with Crippen molar-refractivity contribution in [1.82, 2.24) is 4.98 Å². The molecule has 1 aliphatic heterocycles. The van der Waals surface area contributed by atoms with Crippen molar-refractivity contribution in [2.75, 3.05) is 42.9 Å². The minimum absolute atomic E-state index is 0.0331. The second-order valence-corrected chi connectivity index (χ2v) is 9.15. The molecule has 2 N–H and O–H groups in total. The van der Waals surface area contributed by atoms with Crippen LogP contribution in [0.4, 0.5) is 16.5 Å². The summed E-state index contributed by atoms with van der Waals surface area (Å²) in [7, 11) is 0. The Bertz CT molecular complexity index is 1130. The lowest BCUT2D eigenvalue weighted by molar-refractivity contribution is -0.892. The third-order valence-electron chi connectivity index (χ3n) is 5.66. The van der Waals surface area contributed by atoms with Crippen LogP contribution in [0.25, 0.3) is 10.2 Å². The number of hydrogen-bond donors (Lipinski definition) is 2. The number of nitrogens with one attached hydrogen (secondary N) is 2. The number of nitro benzene ring substituents is 1. The number of hydrogen-bond acceptors (Lipinski definition) is 6. The Morgan fingerprint density at radius 2 is 1.87 bits per heavy atom. The van der Waals surface area contributed by atoms with Crippen LogP contribution >= 0.6 is 11.3 Å². The number of non-ortho nitro benzene ring substituents is 1. The zero-order valence-electron chi connectivity index (χ0n) is 17.9. The molecule has 8 nitrogen and oxygen atoms in total. The lowest BCUT2D eigenvalue weighted by Crippen LogP contribution is -3.15. The van der Waals surface area contributed by atoms with E-state index in [-0.39, 0.29) is 16.5 Å². The normalized spacial score (nSPS) is 14.7. The van der Waals surface area contributed by atoms with Gasteiger partial charge in [0, 0.05) is 17.8 Å². The number of piperazine rings is 1. The average molecular weight is 441 g/mol. The molecular formula is C22H26N5O3S+. The first-order valence-electron chi connectivity index (χ1n) is 10.3. The monoisotopic (exact) mass is 440 g/mol. The van der Waals surface area contributed by atoms with Crippen LogP contribution in [-0.4, -0.2) is 48.5 Å². The van der Waals surface area contributed by atoms with Gasteiger partial charge in [0.15, 0.2) is 11.7 Å². The number of fused-ring (bicyclic) bond motifs is 1. The summed E-state index contributed by atoms with van der Waals surface area (Å²) in [5.74, 6) is 0.0331. The first kappa shape index (κ1) is 21.2. The number of carbonyl (C=O) groups is 1. The van der Waals surface area contributed by atoms with Gasteiger partial charge in [0.25, 0.3) is 11.6 Å². The number of amides is 1. The molecule has 1 saturated heterocycles. The van der Waals surface area contributed by atoms with Crippen LogP contribution in [0.5, 0.6) is 0 Å². The smallest absolute Gasteiger partial charge is 0.279 e. The molecule has 0 bridgehead atoms. The molecular weight excluding hydrogens is 414 g/mol. The third-order valence-corrected chi connectivity index (χ3v) is 6.74. The highest BCUT2D eigenvalue weighted by Gasteiger charge is 2.25. The van der Waals surface area contributed by atoms with Gasteiger partial charge >= 0.3 is 0 Å². The zero-order chi connectivity index (χ0) is 22.1. The largest absolute Gasteiger partial charge is 0.337 e. The van der Waals surface area contributed by atoms with Crippen molar-refractivity contribution in [3.63, 3.8) is 0 Å². The predicted molar refractivity (Wildman–Crippen MR) is 123 cm³/mol. The Labute approximate surface area is 184 Å². The summed E-state index contributed by atoms with van der Waals surface area (Å²) in [6, 6.07) is 8.94. The third kappa shape index (κ3) is 4.67. The van der Waals surface area contributed by atoms with E-state index in [1.165, 1.54) is 27.9 Å². The Morgan fingerprint density at radius 1 is 1.19 bits per heavy atom. The Balaban J connectivity index is 1.35. The van der Waals surface area contributed by atoms with E-state index in [1.54, 1.807) is 12.1 Å². The van der Waals surface area contributed by atoms with Crippen LogP contribution in [0.2, 0.25) is 0 Å². The van der Waals surface area contributed by atoms with E-state index in [1.807, 2.05) is 13.8 Å². The van der Waals surface area contributed by atoms with Crippen LogP contribution in [0, 0.1) is 30.9 Å². The van der Waals surface area contributed by atoms with Gasteiger partial charge < -0.3 is 15.1 Å². The maximum atomic E-state index is 12.6. The van der Waals surface area contributed by atoms with Gasteiger partial charge in [0.05, 0.1) is 41.3 Å². The Morgan fingerprint density at radius 3 is 2.52 bits per heavy atom. The lowest BCUT2D eigenvalue weighted by Gasteiger charge is -2.31.